The van der Waals surface area contributed by atoms with E-state index in [9.17, 15) is 9.59 Å². The fraction of sp³-hybridized carbons (Fsp3) is 0.867. The van der Waals surface area contributed by atoms with Crippen LogP contribution in [0.3, 0.4) is 0 Å². The molecular weight excluding hydrogens is 270 g/mol. The lowest BCUT2D eigenvalue weighted by molar-refractivity contribution is -0.139. The van der Waals surface area contributed by atoms with Gasteiger partial charge in [-0.25, -0.2) is 9.59 Å². The van der Waals surface area contributed by atoms with E-state index >= 15 is 0 Å². The van der Waals surface area contributed by atoms with Crippen molar-refractivity contribution in [1.82, 2.24) is 15.1 Å². The van der Waals surface area contributed by atoms with Crippen molar-refractivity contribution in [3.05, 3.63) is 0 Å². The third kappa shape index (κ3) is 4.59. The fourth-order valence-electron chi connectivity index (χ4n) is 3.23. The van der Waals surface area contributed by atoms with Crippen LogP contribution >= 0.6 is 0 Å². The summed E-state index contributed by atoms with van der Waals surface area (Å²) in [7, 11) is 0. The zero-order valence-electron chi connectivity index (χ0n) is 12.9. The molecule has 6 heteroatoms. The van der Waals surface area contributed by atoms with Gasteiger partial charge in [-0.3, -0.25) is 0 Å². The van der Waals surface area contributed by atoms with E-state index in [1.807, 2.05) is 0 Å². The second kappa shape index (κ2) is 7.64. The summed E-state index contributed by atoms with van der Waals surface area (Å²) in [6.07, 6.45) is 5.08. The number of nitrogens with zero attached hydrogens (tertiary/aromatic N) is 2. The monoisotopic (exact) mass is 297 g/mol. The van der Waals surface area contributed by atoms with E-state index < -0.39 is 12.0 Å². The van der Waals surface area contributed by atoms with Gasteiger partial charge in [-0.2, -0.15) is 0 Å². The number of hydrogen-bond acceptors (Lipinski definition) is 3. The summed E-state index contributed by atoms with van der Waals surface area (Å²) in [6.45, 7) is 6.83. The van der Waals surface area contributed by atoms with Crippen molar-refractivity contribution in [2.24, 2.45) is 5.92 Å². The highest BCUT2D eigenvalue weighted by Crippen LogP contribution is 2.20. The van der Waals surface area contributed by atoms with Crippen LogP contribution in [0.25, 0.3) is 0 Å². The van der Waals surface area contributed by atoms with E-state index in [-0.39, 0.29) is 6.03 Å². The second-order valence-electron chi connectivity index (χ2n) is 6.19. The molecule has 2 amide bonds. The van der Waals surface area contributed by atoms with Crippen molar-refractivity contribution < 1.29 is 14.7 Å². The Bertz CT molecular complexity index is 361. The Morgan fingerprint density at radius 1 is 1.19 bits per heavy atom. The Hall–Kier alpha value is -1.30. The molecule has 0 bridgehead atoms. The molecule has 0 aromatic rings. The standard InChI is InChI=1S/C15H27N3O3/c1-2-13(14(19)20)16-15(21)18-9-5-12(6-10-18)11-17-7-3-4-8-17/h12-13H,2-11H2,1H3,(H,16,21)(H,19,20)/t13-/m0/s1. The number of carbonyl (C=O) groups excluding carboxylic acids is 1. The van der Waals surface area contributed by atoms with E-state index in [1.54, 1.807) is 11.8 Å². The molecule has 0 aromatic heterocycles. The Kier molecular flexibility index (Phi) is 5.85. The fourth-order valence-corrected chi connectivity index (χ4v) is 3.23. The van der Waals surface area contributed by atoms with E-state index in [4.69, 9.17) is 5.11 Å². The molecule has 2 fully saturated rings. The number of piperidine rings is 1. The topological polar surface area (TPSA) is 72.9 Å². The van der Waals surface area contributed by atoms with Gasteiger partial charge in [-0.1, -0.05) is 6.92 Å². The number of amides is 2. The maximum absolute atomic E-state index is 12.1. The molecule has 0 unspecified atom stereocenters. The Labute approximate surface area is 126 Å². The lowest BCUT2D eigenvalue weighted by atomic mass is 9.96. The molecule has 2 N–H and O–H groups in total. The van der Waals surface area contributed by atoms with Crippen LogP contribution in [0.1, 0.15) is 39.0 Å². The van der Waals surface area contributed by atoms with Gasteiger partial charge in [0, 0.05) is 19.6 Å². The molecule has 2 saturated heterocycles. The van der Waals surface area contributed by atoms with Gasteiger partial charge in [0.15, 0.2) is 0 Å². The molecule has 0 spiro atoms. The Balaban J connectivity index is 1.72. The van der Waals surface area contributed by atoms with E-state index in [1.165, 1.54) is 25.9 Å². The number of aliphatic carboxylic acids is 1. The first-order valence-electron chi connectivity index (χ1n) is 8.10. The Morgan fingerprint density at radius 3 is 2.33 bits per heavy atom. The molecule has 6 nitrogen and oxygen atoms in total. The summed E-state index contributed by atoms with van der Waals surface area (Å²) in [5, 5.41) is 11.6. The molecule has 0 aliphatic carbocycles. The van der Waals surface area contributed by atoms with Gasteiger partial charge in [-0.05, 0) is 51.1 Å². The number of likely N-dealkylation sites (tertiary alicyclic amines) is 2. The normalized spacial score (nSPS) is 22.2. The minimum absolute atomic E-state index is 0.233. The number of hydrogen-bond donors (Lipinski definition) is 2. The zero-order chi connectivity index (χ0) is 15.2. The molecule has 2 aliphatic rings. The largest absolute Gasteiger partial charge is 0.480 e. The van der Waals surface area contributed by atoms with Crippen molar-refractivity contribution in [3.63, 3.8) is 0 Å². The van der Waals surface area contributed by atoms with Crippen molar-refractivity contribution in [2.45, 2.75) is 45.1 Å². The van der Waals surface area contributed by atoms with Gasteiger partial charge in [-0.15, -0.1) is 0 Å². The van der Waals surface area contributed by atoms with Crippen LogP contribution in [0.5, 0.6) is 0 Å². The van der Waals surface area contributed by atoms with Crippen LogP contribution < -0.4 is 5.32 Å². The summed E-state index contributed by atoms with van der Waals surface area (Å²) in [5.74, 6) is -0.289. The molecule has 0 aromatic carbocycles. The van der Waals surface area contributed by atoms with Gasteiger partial charge < -0.3 is 20.2 Å². The van der Waals surface area contributed by atoms with Gasteiger partial charge in [0.05, 0.1) is 0 Å². The predicted octanol–water partition coefficient (Wildman–Crippen LogP) is 1.37. The van der Waals surface area contributed by atoms with Crippen molar-refractivity contribution in [3.8, 4) is 0 Å². The highest BCUT2D eigenvalue weighted by Gasteiger charge is 2.27. The average Bonchev–Trinajstić information content (AvgIpc) is 2.98. The molecule has 0 radical (unpaired) electrons. The molecular formula is C15H27N3O3. The SMILES string of the molecule is CC[C@H](NC(=O)N1CCC(CN2CCCC2)CC1)C(=O)O. The van der Waals surface area contributed by atoms with Gasteiger partial charge >= 0.3 is 12.0 Å². The first kappa shape index (κ1) is 16.1. The molecule has 0 saturated carbocycles. The molecule has 21 heavy (non-hydrogen) atoms. The number of carboxylic acid groups (broad SMARTS) is 1. The van der Waals surface area contributed by atoms with E-state index in [0.717, 1.165) is 32.5 Å². The molecule has 120 valence electrons. The van der Waals surface area contributed by atoms with Crippen LogP contribution in [-0.2, 0) is 4.79 Å². The third-order valence-corrected chi connectivity index (χ3v) is 4.62. The predicted molar refractivity (Wildman–Crippen MR) is 80.2 cm³/mol. The lowest BCUT2D eigenvalue weighted by Gasteiger charge is -2.34. The molecule has 1 atom stereocenters. The zero-order valence-corrected chi connectivity index (χ0v) is 12.9. The molecule has 2 heterocycles. The Morgan fingerprint density at radius 2 is 1.81 bits per heavy atom. The van der Waals surface area contributed by atoms with E-state index in [2.05, 4.69) is 10.2 Å². The molecule has 2 rings (SSSR count). The number of rotatable bonds is 5. The number of carbonyl (C=O) groups is 2. The summed E-state index contributed by atoms with van der Waals surface area (Å²) in [6, 6.07) is -1.01. The van der Waals surface area contributed by atoms with Crippen LogP contribution in [0.15, 0.2) is 0 Å². The minimum atomic E-state index is -0.963. The van der Waals surface area contributed by atoms with Gasteiger partial charge in [0.1, 0.15) is 6.04 Å². The van der Waals surface area contributed by atoms with Gasteiger partial charge in [0.2, 0.25) is 0 Å². The number of nitrogens with one attached hydrogen (secondary N) is 1. The number of carboxylic acids is 1. The van der Waals surface area contributed by atoms with Gasteiger partial charge in [0.25, 0.3) is 0 Å². The molecule has 2 aliphatic heterocycles. The maximum atomic E-state index is 12.1. The first-order chi connectivity index (χ1) is 10.1. The lowest BCUT2D eigenvalue weighted by Crippen LogP contribution is -2.50. The van der Waals surface area contributed by atoms with Crippen molar-refractivity contribution in [1.29, 1.82) is 0 Å². The second-order valence-corrected chi connectivity index (χ2v) is 6.19. The van der Waals surface area contributed by atoms with Crippen LogP contribution in [0.2, 0.25) is 0 Å². The highest BCUT2D eigenvalue weighted by molar-refractivity contribution is 5.82. The quantitative estimate of drug-likeness (QED) is 0.804. The summed E-state index contributed by atoms with van der Waals surface area (Å²) < 4.78 is 0. The smallest absolute Gasteiger partial charge is 0.326 e. The highest BCUT2D eigenvalue weighted by atomic mass is 16.4. The van der Waals surface area contributed by atoms with Crippen molar-refractivity contribution >= 4 is 12.0 Å². The maximum Gasteiger partial charge on any atom is 0.326 e. The summed E-state index contributed by atoms with van der Waals surface area (Å²) >= 11 is 0. The van der Waals surface area contributed by atoms with Crippen LogP contribution in [0, 0.1) is 5.92 Å². The first-order valence-corrected chi connectivity index (χ1v) is 8.10. The third-order valence-electron chi connectivity index (χ3n) is 4.62. The summed E-state index contributed by atoms with van der Waals surface area (Å²) in [4.78, 5) is 27.3. The van der Waals surface area contributed by atoms with Crippen LogP contribution in [0.4, 0.5) is 4.79 Å². The minimum Gasteiger partial charge on any atom is -0.480 e. The van der Waals surface area contributed by atoms with E-state index in [0.29, 0.717) is 12.3 Å². The average molecular weight is 297 g/mol. The van der Waals surface area contributed by atoms with Crippen LogP contribution in [-0.4, -0.2) is 65.7 Å². The number of urea groups is 1. The summed E-state index contributed by atoms with van der Waals surface area (Å²) in [5.41, 5.74) is 0. The van der Waals surface area contributed by atoms with Crippen molar-refractivity contribution in [2.75, 3.05) is 32.7 Å².